The van der Waals surface area contributed by atoms with Crippen LogP contribution in [0.25, 0.3) is 241 Å². The summed E-state index contributed by atoms with van der Waals surface area (Å²) in [4.78, 5) is 7.16. The minimum atomic E-state index is 0.854. The average molecular weight is 1910 g/mol. The fraction of sp³-hybridized carbons (Fsp3) is 0. The highest BCUT2D eigenvalue weighted by molar-refractivity contribution is 6.18. The quantitative estimate of drug-likeness (QED) is 0.106. The maximum atomic E-state index is 6.49. The molecule has 0 spiro atoms. The van der Waals surface area contributed by atoms with Crippen molar-refractivity contribution in [2.24, 2.45) is 0 Å². The van der Waals surface area contributed by atoms with E-state index >= 15 is 0 Å². The van der Waals surface area contributed by atoms with Crippen molar-refractivity contribution in [2.45, 2.75) is 0 Å². The van der Waals surface area contributed by atoms with E-state index in [2.05, 4.69) is 470 Å². The third-order valence-electron chi connectivity index (χ3n) is 29.7. The first kappa shape index (κ1) is 85.7. The van der Waals surface area contributed by atoms with Crippen molar-refractivity contribution in [3.05, 3.63) is 528 Å². The lowest BCUT2D eigenvalue weighted by Gasteiger charge is -2.28. The van der Waals surface area contributed by atoms with Crippen LogP contribution in [-0.2, 0) is 0 Å². The summed E-state index contributed by atoms with van der Waals surface area (Å²) in [6.07, 6.45) is 0. The summed E-state index contributed by atoms with van der Waals surface area (Å²) in [5.41, 5.74) is 32.0. The van der Waals surface area contributed by atoms with E-state index in [4.69, 9.17) is 26.5 Å². The van der Waals surface area contributed by atoms with E-state index in [0.29, 0.717) is 0 Å². The molecule has 0 saturated carbocycles. The molecular weight excluding hydrogens is 1820 g/mol. The van der Waals surface area contributed by atoms with Gasteiger partial charge in [-0.1, -0.05) is 346 Å². The summed E-state index contributed by atoms with van der Waals surface area (Å²) in [6, 6.07) is 187. The summed E-state index contributed by atoms with van der Waals surface area (Å²) in [6.45, 7) is 0. The second kappa shape index (κ2) is 35.5. The Morgan fingerprint density at radius 1 is 0.107 bits per heavy atom. The second-order valence-electron chi connectivity index (χ2n) is 38.3. The van der Waals surface area contributed by atoms with Crippen LogP contribution in [-0.4, -0.2) is 0 Å². The van der Waals surface area contributed by atoms with Crippen LogP contribution in [0, 0.1) is 0 Å². The standard InChI is InChI=1S/C52H33NO2.2C44H27NO2/c1-3-13-34(14-4-1)37-29-38(35-15-5-2-6-16-35)31-40(30-37)53(39-24-25-46-44-19-9-11-21-49(44)55-52(46)33-39)48-27-26-41(42-17-7-8-18-43(42)48)36-23-28-51-47(32-36)45-20-10-12-22-50(45)54-51;1-2-12-32-28(10-1)11-9-17-39(32)45(30-21-22-37-35-15-5-7-18-41(35)47-44(37)27-30)40-24-23-31(33-13-3-4-14-34(33)40)29-20-25-43-38(26-29)36-16-6-8-19-42(36)46-43;1-2-10-29-25-31(19-17-28(29)9-1)45(32-20-24-44-39(27-32)37-14-6-8-16-42(37)47-44)40-22-21-33(34-11-3-4-12-35(34)40)30-18-23-43-38(26-30)36-13-5-7-15-41(36)46-43/h1-33H;2*1-27H. The first-order valence-corrected chi connectivity index (χ1v) is 50.5. The highest BCUT2D eigenvalue weighted by atomic mass is 16.3. The third kappa shape index (κ3) is 14.9. The van der Waals surface area contributed by atoms with E-state index in [1.165, 1.54) is 65.2 Å². The van der Waals surface area contributed by atoms with Crippen molar-refractivity contribution in [1.29, 1.82) is 0 Å². The van der Waals surface area contributed by atoms with Gasteiger partial charge in [-0.2, -0.15) is 0 Å². The Balaban J connectivity index is 0.000000106. The molecule has 149 heavy (non-hydrogen) atoms. The van der Waals surface area contributed by atoms with Crippen molar-refractivity contribution in [1.82, 2.24) is 0 Å². The Bertz CT molecular complexity index is 10700. The van der Waals surface area contributed by atoms with Crippen molar-refractivity contribution < 1.29 is 26.5 Å². The van der Waals surface area contributed by atoms with Gasteiger partial charge in [0.15, 0.2) is 0 Å². The number of benzene rings is 25. The first-order valence-electron chi connectivity index (χ1n) is 50.5. The van der Waals surface area contributed by atoms with Crippen molar-refractivity contribution >= 4 is 237 Å². The van der Waals surface area contributed by atoms with Gasteiger partial charge >= 0.3 is 0 Å². The number of furan rings is 6. The molecule has 0 aliphatic rings. The molecule has 6 aromatic heterocycles. The predicted molar refractivity (Wildman–Crippen MR) is 622 cm³/mol. The monoisotopic (exact) mass is 1910 g/mol. The largest absolute Gasteiger partial charge is 0.456 e. The normalized spacial score (nSPS) is 11.8. The van der Waals surface area contributed by atoms with E-state index in [0.717, 1.165) is 227 Å². The third-order valence-corrected chi connectivity index (χ3v) is 29.7. The molecule has 698 valence electrons. The van der Waals surface area contributed by atoms with Gasteiger partial charge in [0, 0.05) is 127 Å². The van der Waals surface area contributed by atoms with Crippen LogP contribution in [0.15, 0.2) is 554 Å². The van der Waals surface area contributed by atoms with Crippen molar-refractivity contribution in [2.75, 3.05) is 14.7 Å². The van der Waals surface area contributed by atoms with Crippen LogP contribution < -0.4 is 14.7 Å². The van der Waals surface area contributed by atoms with Gasteiger partial charge in [0.2, 0.25) is 0 Å². The molecule has 9 heteroatoms. The van der Waals surface area contributed by atoms with Gasteiger partial charge in [0.25, 0.3) is 0 Å². The maximum absolute atomic E-state index is 6.49. The number of hydrogen-bond acceptors (Lipinski definition) is 9. The number of hydrogen-bond donors (Lipinski definition) is 0. The minimum absolute atomic E-state index is 0.854. The van der Waals surface area contributed by atoms with E-state index < -0.39 is 0 Å². The molecule has 0 amide bonds. The fourth-order valence-electron chi connectivity index (χ4n) is 22.7. The molecule has 31 aromatic rings. The molecule has 0 aliphatic carbocycles. The molecule has 31 rings (SSSR count). The van der Waals surface area contributed by atoms with Gasteiger partial charge in [-0.3, -0.25) is 0 Å². The second-order valence-corrected chi connectivity index (χ2v) is 38.3. The average Bonchev–Trinajstić information content (AvgIpc) is 1.50. The lowest BCUT2D eigenvalue weighted by molar-refractivity contribution is 0.668. The van der Waals surface area contributed by atoms with E-state index in [-0.39, 0.29) is 0 Å². The zero-order valence-electron chi connectivity index (χ0n) is 80.5. The van der Waals surface area contributed by atoms with E-state index in [1.54, 1.807) is 0 Å². The Hall–Kier alpha value is -20.0. The van der Waals surface area contributed by atoms with Gasteiger partial charge in [-0.15, -0.1) is 0 Å². The molecule has 0 radical (unpaired) electrons. The van der Waals surface area contributed by atoms with Crippen molar-refractivity contribution in [3.8, 4) is 55.6 Å². The highest BCUT2D eigenvalue weighted by Gasteiger charge is 2.28. The van der Waals surface area contributed by atoms with Crippen LogP contribution in [0.5, 0.6) is 0 Å². The molecule has 0 bridgehead atoms. The summed E-state index contributed by atoms with van der Waals surface area (Å²) in [5, 5.41) is 25.3. The van der Waals surface area contributed by atoms with Gasteiger partial charge in [-0.05, 0) is 258 Å². The Morgan fingerprint density at radius 2 is 0.383 bits per heavy atom. The Kier molecular flexibility index (Phi) is 20.5. The van der Waals surface area contributed by atoms with Crippen LogP contribution in [0.3, 0.4) is 0 Å². The lowest BCUT2D eigenvalue weighted by Crippen LogP contribution is -2.11. The number of fused-ring (bicyclic) bond motifs is 23. The summed E-state index contributed by atoms with van der Waals surface area (Å²) in [7, 11) is 0. The summed E-state index contributed by atoms with van der Waals surface area (Å²) >= 11 is 0. The Morgan fingerprint density at radius 3 is 0.812 bits per heavy atom. The molecule has 9 nitrogen and oxygen atoms in total. The number of para-hydroxylation sites is 6. The fourth-order valence-corrected chi connectivity index (χ4v) is 22.7. The molecular formula is C140H87N3O6. The van der Waals surface area contributed by atoms with E-state index in [9.17, 15) is 0 Å². The van der Waals surface area contributed by atoms with Gasteiger partial charge in [-0.25, -0.2) is 0 Å². The molecule has 0 saturated heterocycles. The molecule has 0 unspecified atom stereocenters. The summed E-state index contributed by atoms with van der Waals surface area (Å²) < 4.78 is 37.6. The molecule has 0 atom stereocenters. The molecule has 0 fully saturated rings. The number of rotatable bonds is 14. The molecule has 0 aliphatic heterocycles. The molecule has 25 aromatic carbocycles. The van der Waals surface area contributed by atoms with Gasteiger partial charge in [0.05, 0.1) is 22.7 Å². The zero-order valence-corrected chi connectivity index (χ0v) is 80.5. The van der Waals surface area contributed by atoms with Gasteiger partial charge in [0.1, 0.15) is 67.0 Å². The smallest absolute Gasteiger partial charge is 0.137 e. The Labute approximate surface area is 855 Å². The van der Waals surface area contributed by atoms with Crippen LogP contribution in [0.4, 0.5) is 51.2 Å². The van der Waals surface area contributed by atoms with Crippen LogP contribution >= 0.6 is 0 Å². The minimum Gasteiger partial charge on any atom is -0.456 e. The van der Waals surface area contributed by atoms with Crippen molar-refractivity contribution in [3.63, 3.8) is 0 Å². The summed E-state index contributed by atoms with van der Waals surface area (Å²) in [5.74, 6) is 0. The molecule has 6 heterocycles. The first-order chi connectivity index (χ1) is 73.8. The topological polar surface area (TPSA) is 88.6 Å². The van der Waals surface area contributed by atoms with Crippen LogP contribution in [0.2, 0.25) is 0 Å². The number of nitrogens with zero attached hydrogens (tertiary/aromatic N) is 3. The van der Waals surface area contributed by atoms with E-state index in [1.807, 2.05) is 72.8 Å². The predicted octanol–water partition coefficient (Wildman–Crippen LogP) is 41.0. The zero-order chi connectivity index (χ0) is 98.1. The SMILES string of the molecule is c1ccc(-c2cc(-c3ccccc3)cc(N(c3ccc4c(c3)oc3ccccc34)c3ccc(-c4ccc5oc6ccccc6c5c4)c4ccccc34)c2)cc1.c1ccc2c(N(c3ccc4c(c3)oc3ccccc34)c3ccc(-c4ccc5oc6ccccc6c5c4)c4ccccc34)cccc2c1.c1ccc2cc(N(c3ccc4oc5ccccc5c4c3)c3ccc(-c4ccc5oc6ccccc6c5c4)c4ccccc34)ccc2c1. The maximum Gasteiger partial charge on any atom is 0.137 e. The highest BCUT2D eigenvalue weighted by Crippen LogP contribution is 2.53. The molecule has 0 N–H and O–H groups in total. The lowest BCUT2D eigenvalue weighted by atomic mass is 9.94. The van der Waals surface area contributed by atoms with Gasteiger partial charge < -0.3 is 41.2 Å². The number of anilines is 9. The van der Waals surface area contributed by atoms with Crippen LogP contribution in [0.1, 0.15) is 0 Å².